The van der Waals surface area contributed by atoms with Crippen molar-refractivity contribution in [2.45, 2.75) is 26.5 Å². The van der Waals surface area contributed by atoms with Gasteiger partial charge in [0.1, 0.15) is 0 Å². The zero-order chi connectivity index (χ0) is 11.8. The van der Waals surface area contributed by atoms with Crippen molar-refractivity contribution in [3.05, 3.63) is 23.8 Å². The lowest BCUT2D eigenvalue weighted by atomic mass is 10.3. The number of aliphatic hydroxyl groups is 1. The fourth-order valence-corrected chi connectivity index (χ4v) is 1.19. The van der Waals surface area contributed by atoms with Crippen LogP contribution in [0.3, 0.4) is 0 Å². The summed E-state index contributed by atoms with van der Waals surface area (Å²) in [5.74, 6) is 0. The van der Waals surface area contributed by atoms with E-state index in [0.29, 0.717) is 26.3 Å². The van der Waals surface area contributed by atoms with E-state index in [2.05, 4.69) is 15.3 Å². The number of rotatable bonds is 7. The lowest BCUT2D eigenvalue weighted by Gasteiger charge is -2.11. The van der Waals surface area contributed by atoms with Gasteiger partial charge in [-0.25, -0.2) is 0 Å². The minimum atomic E-state index is -0.474. The van der Waals surface area contributed by atoms with Gasteiger partial charge in [-0.3, -0.25) is 9.97 Å². The van der Waals surface area contributed by atoms with Gasteiger partial charge in [-0.2, -0.15) is 0 Å². The molecule has 0 saturated carbocycles. The van der Waals surface area contributed by atoms with Crippen LogP contribution < -0.4 is 5.32 Å². The van der Waals surface area contributed by atoms with Crippen molar-refractivity contribution in [1.29, 1.82) is 0 Å². The Hall–Kier alpha value is -1.04. The van der Waals surface area contributed by atoms with Crippen LogP contribution in [-0.4, -0.2) is 40.9 Å². The number of aliphatic hydroxyl groups excluding tert-OH is 1. The summed E-state index contributed by atoms with van der Waals surface area (Å²) in [6, 6.07) is 0. The summed E-state index contributed by atoms with van der Waals surface area (Å²) in [5, 5.41) is 12.6. The van der Waals surface area contributed by atoms with Gasteiger partial charge in [0.15, 0.2) is 0 Å². The molecule has 1 aromatic heterocycles. The molecule has 0 saturated heterocycles. The Morgan fingerprint density at radius 3 is 2.88 bits per heavy atom. The molecule has 1 rings (SSSR count). The van der Waals surface area contributed by atoms with Gasteiger partial charge in [-0.05, 0) is 13.8 Å². The Kier molecular flexibility index (Phi) is 5.92. The molecule has 0 bridgehead atoms. The molecular weight excluding hydrogens is 206 g/mol. The van der Waals surface area contributed by atoms with E-state index in [9.17, 15) is 5.11 Å². The molecule has 0 radical (unpaired) electrons. The zero-order valence-corrected chi connectivity index (χ0v) is 9.81. The van der Waals surface area contributed by atoms with Crippen LogP contribution in [0.25, 0.3) is 0 Å². The molecule has 1 aromatic rings. The Bertz CT molecular complexity index is 290. The highest BCUT2D eigenvalue weighted by Gasteiger charge is 2.03. The fourth-order valence-electron chi connectivity index (χ4n) is 1.19. The van der Waals surface area contributed by atoms with Crippen molar-refractivity contribution in [1.82, 2.24) is 15.3 Å². The van der Waals surface area contributed by atoms with Crippen LogP contribution in [0.5, 0.6) is 0 Å². The van der Waals surface area contributed by atoms with Gasteiger partial charge in [0.05, 0.1) is 24.1 Å². The number of hydrogen-bond acceptors (Lipinski definition) is 5. The molecule has 0 fully saturated rings. The minimum absolute atomic E-state index is 0.364. The second kappa shape index (κ2) is 7.27. The van der Waals surface area contributed by atoms with E-state index in [1.165, 1.54) is 0 Å². The second-order valence-corrected chi connectivity index (χ2v) is 3.59. The van der Waals surface area contributed by atoms with Crippen molar-refractivity contribution < 1.29 is 9.84 Å². The molecule has 0 amide bonds. The molecule has 0 aliphatic heterocycles. The molecule has 5 nitrogen and oxygen atoms in total. The van der Waals surface area contributed by atoms with Gasteiger partial charge in [-0.15, -0.1) is 0 Å². The van der Waals surface area contributed by atoms with Gasteiger partial charge in [0, 0.05) is 32.1 Å². The van der Waals surface area contributed by atoms with Gasteiger partial charge in [0.25, 0.3) is 0 Å². The van der Waals surface area contributed by atoms with Crippen LogP contribution in [0.1, 0.15) is 18.3 Å². The highest BCUT2D eigenvalue weighted by Crippen LogP contribution is 1.93. The maximum absolute atomic E-state index is 9.48. The molecular formula is C11H19N3O2. The molecule has 2 N–H and O–H groups in total. The number of nitrogens with zero attached hydrogens (tertiary/aromatic N) is 2. The Labute approximate surface area is 95.9 Å². The smallest absolute Gasteiger partial charge is 0.0897 e. The predicted molar refractivity (Wildman–Crippen MR) is 61.0 cm³/mol. The van der Waals surface area contributed by atoms with Crippen LogP contribution in [-0.2, 0) is 11.3 Å². The normalized spacial score (nSPS) is 12.7. The average Bonchev–Trinajstić information content (AvgIpc) is 2.29. The van der Waals surface area contributed by atoms with Gasteiger partial charge < -0.3 is 15.2 Å². The molecule has 0 aliphatic rings. The lowest BCUT2D eigenvalue weighted by molar-refractivity contribution is 0.0427. The van der Waals surface area contributed by atoms with Gasteiger partial charge >= 0.3 is 0 Å². The van der Waals surface area contributed by atoms with Gasteiger partial charge in [0.2, 0.25) is 0 Å². The van der Waals surface area contributed by atoms with E-state index in [1.54, 1.807) is 12.4 Å². The zero-order valence-electron chi connectivity index (χ0n) is 9.81. The third kappa shape index (κ3) is 5.16. The van der Waals surface area contributed by atoms with Gasteiger partial charge in [-0.1, -0.05) is 0 Å². The molecule has 90 valence electrons. The average molecular weight is 225 g/mol. The first kappa shape index (κ1) is 13.0. The SMILES string of the molecule is CCOCC(O)CNCc1cnc(C)cn1. The van der Waals surface area contributed by atoms with Crippen LogP contribution in [0.15, 0.2) is 12.4 Å². The Balaban J connectivity index is 2.17. The molecule has 1 heterocycles. The van der Waals surface area contributed by atoms with Crippen molar-refractivity contribution in [2.75, 3.05) is 19.8 Å². The number of aryl methyl sites for hydroxylation is 1. The third-order valence-corrected chi connectivity index (χ3v) is 2.03. The number of nitrogens with one attached hydrogen (secondary N) is 1. The summed E-state index contributed by atoms with van der Waals surface area (Å²) in [4.78, 5) is 8.34. The molecule has 0 aromatic carbocycles. The van der Waals surface area contributed by atoms with E-state index >= 15 is 0 Å². The van der Waals surface area contributed by atoms with Crippen molar-refractivity contribution in [2.24, 2.45) is 0 Å². The maximum Gasteiger partial charge on any atom is 0.0897 e. The number of hydrogen-bond donors (Lipinski definition) is 2. The second-order valence-electron chi connectivity index (χ2n) is 3.59. The largest absolute Gasteiger partial charge is 0.389 e. The Morgan fingerprint density at radius 1 is 1.44 bits per heavy atom. The quantitative estimate of drug-likeness (QED) is 0.697. The minimum Gasteiger partial charge on any atom is -0.389 e. The molecule has 0 spiro atoms. The van der Waals surface area contributed by atoms with Crippen LogP contribution in [0.2, 0.25) is 0 Å². The molecule has 16 heavy (non-hydrogen) atoms. The summed E-state index contributed by atoms with van der Waals surface area (Å²) in [7, 11) is 0. The first-order valence-corrected chi connectivity index (χ1v) is 5.46. The molecule has 1 unspecified atom stereocenters. The van der Waals surface area contributed by atoms with Crippen molar-refractivity contribution >= 4 is 0 Å². The van der Waals surface area contributed by atoms with Crippen molar-refractivity contribution in [3.8, 4) is 0 Å². The van der Waals surface area contributed by atoms with E-state index in [0.717, 1.165) is 11.4 Å². The topological polar surface area (TPSA) is 67.3 Å². The monoisotopic (exact) mass is 225 g/mol. The highest BCUT2D eigenvalue weighted by atomic mass is 16.5. The van der Waals surface area contributed by atoms with E-state index in [-0.39, 0.29) is 0 Å². The van der Waals surface area contributed by atoms with E-state index in [1.807, 2.05) is 13.8 Å². The fraction of sp³-hybridized carbons (Fsp3) is 0.636. The summed E-state index contributed by atoms with van der Waals surface area (Å²) >= 11 is 0. The Morgan fingerprint density at radius 2 is 2.25 bits per heavy atom. The summed E-state index contributed by atoms with van der Waals surface area (Å²) < 4.78 is 5.10. The standard InChI is InChI=1S/C11H19N3O2/c1-3-16-8-11(15)7-12-5-10-6-13-9(2)4-14-10/h4,6,11-12,15H,3,5,7-8H2,1-2H3. The summed E-state index contributed by atoms with van der Waals surface area (Å²) in [5.41, 5.74) is 1.77. The van der Waals surface area contributed by atoms with Crippen LogP contribution in [0, 0.1) is 6.92 Å². The predicted octanol–water partition coefficient (Wildman–Crippen LogP) is 0.272. The first-order valence-electron chi connectivity index (χ1n) is 5.46. The van der Waals surface area contributed by atoms with E-state index in [4.69, 9.17) is 4.74 Å². The summed E-state index contributed by atoms with van der Waals surface area (Å²) in [6.07, 6.45) is 2.99. The highest BCUT2D eigenvalue weighted by molar-refractivity contribution is 5.00. The summed E-state index contributed by atoms with van der Waals surface area (Å²) in [6.45, 7) is 5.90. The van der Waals surface area contributed by atoms with Crippen molar-refractivity contribution in [3.63, 3.8) is 0 Å². The maximum atomic E-state index is 9.48. The molecule has 1 atom stereocenters. The molecule has 0 aliphatic carbocycles. The van der Waals surface area contributed by atoms with E-state index < -0.39 is 6.10 Å². The number of ether oxygens (including phenoxy) is 1. The third-order valence-electron chi connectivity index (χ3n) is 2.03. The number of aromatic nitrogens is 2. The van der Waals surface area contributed by atoms with Crippen LogP contribution in [0.4, 0.5) is 0 Å². The molecule has 5 heteroatoms. The van der Waals surface area contributed by atoms with Crippen LogP contribution >= 0.6 is 0 Å². The first-order chi connectivity index (χ1) is 7.72. The lowest BCUT2D eigenvalue weighted by Crippen LogP contribution is -2.30.